The SMILES string of the molecule is CS(=O)(=O)N1CCC[C@H](C(=O)NCC2(c3ccccc3F)CCCC2)C1. The first-order valence-corrected chi connectivity index (χ1v) is 11.1. The first kappa shape index (κ1) is 19.3. The van der Waals surface area contributed by atoms with Gasteiger partial charge in [-0.15, -0.1) is 0 Å². The first-order chi connectivity index (χ1) is 12.3. The van der Waals surface area contributed by atoms with E-state index in [0.29, 0.717) is 31.5 Å². The molecule has 26 heavy (non-hydrogen) atoms. The molecule has 0 aromatic heterocycles. The average molecular weight is 383 g/mol. The summed E-state index contributed by atoms with van der Waals surface area (Å²) in [4.78, 5) is 12.7. The Morgan fingerprint density at radius 3 is 2.62 bits per heavy atom. The van der Waals surface area contributed by atoms with E-state index in [9.17, 15) is 17.6 Å². The lowest BCUT2D eigenvalue weighted by Gasteiger charge is -2.33. The lowest BCUT2D eigenvalue weighted by molar-refractivity contribution is -0.126. The standard InChI is InChI=1S/C19H27FN2O3S/c1-26(24,25)22-12-6-7-15(13-22)18(23)21-14-19(10-4-5-11-19)16-8-2-3-9-17(16)20/h2-3,8-9,15H,4-7,10-14H2,1H3,(H,21,23)/t15-/m0/s1. The van der Waals surface area contributed by atoms with Gasteiger partial charge >= 0.3 is 0 Å². The number of rotatable bonds is 5. The number of piperidine rings is 1. The van der Waals surface area contributed by atoms with Gasteiger partial charge in [0.2, 0.25) is 15.9 Å². The fourth-order valence-electron chi connectivity index (χ4n) is 4.34. The number of amides is 1. The second-order valence-electron chi connectivity index (χ2n) is 7.65. The largest absolute Gasteiger partial charge is 0.355 e. The van der Waals surface area contributed by atoms with Gasteiger partial charge < -0.3 is 5.32 Å². The highest BCUT2D eigenvalue weighted by Crippen LogP contribution is 2.41. The van der Waals surface area contributed by atoms with Crippen LogP contribution in [0, 0.1) is 11.7 Å². The molecular formula is C19H27FN2O3S. The van der Waals surface area contributed by atoms with Crippen molar-refractivity contribution in [3.8, 4) is 0 Å². The third-order valence-corrected chi connectivity index (χ3v) is 7.10. The Balaban J connectivity index is 1.68. The van der Waals surface area contributed by atoms with Crippen LogP contribution in [-0.2, 0) is 20.2 Å². The van der Waals surface area contributed by atoms with Crippen LogP contribution < -0.4 is 5.32 Å². The van der Waals surface area contributed by atoms with E-state index in [-0.39, 0.29) is 29.6 Å². The van der Waals surface area contributed by atoms with Gasteiger partial charge in [0.25, 0.3) is 0 Å². The van der Waals surface area contributed by atoms with Crippen molar-refractivity contribution in [2.45, 2.75) is 43.9 Å². The molecule has 0 bridgehead atoms. The van der Waals surface area contributed by atoms with E-state index in [4.69, 9.17) is 0 Å². The molecular weight excluding hydrogens is 355 g/mol. The zero-order valence-electron chi connectivity index (χ0n) is 15.2. The van der Waals surface area contributed by atoms with Crippen LogP contribution >= 0.6 is 0 Å². The zero-order valence-corrected chi connectivity index (χ0v) is 16.0. The summed E-state index contributed by atoms with van der Waals surface area (Å²) < 4.78 is 39.2. The van der Waals surface area contributed by atoms with Crippen molar-refractivity contribution in [1.82, 2.24) is 9.62 Å². The summed E-state index contributed by atoms with van der Waals surface area (Å²) >= 11 is 0. The van der Waals surface area contributed by atoms with Gasteiger partial charge in [0, 0.05) is 25.0 Å². The van der Waals surface area contributed by atoms with Gasteiger partial charge in [-0.1, -0.05) is 31.0 Å². The van der Waals surface area contributed by atoms with Gasteiger partial charge in [0.15, 0.2) is 0 Å². The molecule has 5 nitrogen and oxygen atoms in total. The van der Waals surface area contributed by atoms with Crippen LogP contribution in [0.1, 0.15) is 44.1 Å². The van der Waals surface area contributed by atoms with Crippen molar-refractivity contribution < 1.29 is 17.6 Å². The van der Waals surface area contributed by atoms with Crippen LogP contribution in [0.25, 0.3) is 0 Å². The third kappa shape index (κ3) is 4.09. The number of carbonyl (C=O) groups is 1. The van der Waals surface area contributed by atoms with Crippen LogP contribution in [0.5, 0.6) is 0 Å². The van der Waals surface area contributed by atoms with Crippen molar-refractivity contribution in [3.63, 3.8) is 0 Å². The lowest BCUT2D eigenvalue weighted by Crippen LogP contribution is -2.47. The highest BCUT2D eigenvalue weighted by atomic mass is 32.2. The molecule has 0 unspecified atom stereocenters. The topological polar surface area (TPSA) is 66.5 Å². The minimum absolute atomic E-state index is 0.124. The van der Waals surface area contributed by atoms with E-state index in [1.165, 1.54) is 16.6 Å². The highest BCUT2D eigenvalue weighted by molar-refractivity contribution is 7.88. The van der Waals surface area contributed by atoms with E-state index in [1.54, 1.807) is 6.07 Å². The summed E-state index contributed by atoms with van der Waals surface area (Å²) in [5.41, 5.74) is 0.325. The summed E-state index contributed by atoms with van der Waals surface area (Å²) in [6.07, 6.45) is 6.31. The molecule has 0 spiro atoms. The van der Waals surface area contributed by atoms with Crippen molar-refractivity contribution in [1.29, 1.82) is 0 Å². The molecule has 1 aromatic carbocycles. The normalized spacial score (nSPS) is 23.7. The highest BCUT2D eigenvalue weighted by Gasteiger charge is 2.39. The fourth-order valence-corrected chi connectivity index (χ4v) is 5.25. The summed E-state index contributed by atoms with van der Waals surface area (Å²) in [5.74, 6) is -0.678. The number of benzene rings is 1. The van der Waals surface area contributed by atoms with Crippen molar-refractivity contribution in [2.24, 2.45) is 5.92 Å². The smallest absolute Gasteiger partial charge is 0.224 e. The van der Waals surface area contributed by atoms with Gasteiger partial charge in [-0.3, -0.25) is 4.79 Å². The predicted molar refractivity (Wildman–Crippen MR) is 98.7 cm³/mol. The van der Waals surface area contributed by atoms with Crippen molar-refractivity contribution >= 4 is 15.9 Å². The summed E-state index contributed by atoms with van der Waals surface area (Å²) in [5, 5.41) is 3.01. The first-order valence-electron chi connectivity index (χ1n) is 9.30. The molecule has 1 aromatic rings. The van der Waals surface area contributed by atoms with Crippen molar-refractivity contribution in [2.75, 3.05) is 25.9 Å². The van der Waals surface area contributed by atoms with Gasteiger partial charge in [0.05, 0.1) is 12.2 Å². The van der Waals surface area contributed by atoms with Gasteiger partial charge in [-0.25, -0.2) is 17.1 Å². The molecule has 1 aliphatic carbocycles. The number of nitrogens with zero attached hydrogens (tertiary/aromatic N) is 1. The minimum atomic E-state index is -3.28. The maximum absolute atomic E-state index is 14.4. The number of hydrogen-bond donors (Lipinski definition) is 1. The van der Waals surface area contributed by atoms with Gasteiger partial charge in [-0.2, -0.15) is 0 Å². The lowest BCUT2D eigenvalue weighted by atomic mass is 9.78. The number of hydrogen-bond acceptors (Lipinski definition) is 3. The molecule has 1 saturated carbocycles. The van der Waals surface area contributed by atoms with Crippen LogP contribution in [-0.4, -0.2) is 44.5 Å². The number of halogens is 1. The summed E-state index contributed by atoms with van der Waals surface area (Å²) in [7, 11) is -3.28. The Morgan fingerprint density at radius 2 is 1.96 bits per heavy atom. The van der Waals surface area contributed by atoms with Crippen molar-refractivity contribution in [3.05, 3.63) is 35.6 Å². The Kier molecular flexibility index (Phi) is 5.67. The Bertz CT molecular complexity index is 760. The van der Waals surface area contributed by atoms with E-state index in [2.05, 4.69) is 5.32 Å². The van der Waals surface area contributed by atoms with E-state index in [1.807, 2.05) is 12.1 Å². The molecule has 1 amide bonds. The van der Waals surface area contributed by atoms with E-state index < -0.39 is 10.0 Å². The predicted octanol–water partition coefficient (Wildman–Crippen LogP) is 2.43. The van der Waals surface area contributed by atoms with Gasteiger partial charge in [-0.05, 0) is 37.3 Å². The van der Waals surface area contributed by atoms with Crippen LogP contribution in [0.2, 0.25) is 0 Å². The molecule has 1 aliphatic heterocycles. The monoisotopic (exact) mass is 382 g/mol. The van der Waals surface area contributed by atoms with Crippen LogP contribution in [0.4, 0.5) is 4.39 Å². The molecule has 0 radical (unpaired) electrons. The maximum atomic E-state index is 14.4. The molecule has 1 N–H and O–H groups in total. The molecule has 144 valence electrons. The average Bonchev–Trinajstić information content (AvgIpc) is 3.09. The molecule has 2 fully saturated rings. The Morgan fingerprint density at radius 1 is 1.27 bits per heavy atom. The maximum Gasteiger partial charge on any atom is 0.224 e. The molecule has 1 atom stereocenters. The fraction of sp³-hybridized carbons (Fsp3) is 0.632. The van der Waals surface area contributed by atoms with E-state index in [0.717, 1.165) is 25.7 Å². The van der Waals surface area contributed by atoms with Gasteiger partial charge in [0.1, 0.15) is 5.82 Å². The second kappa shape index (κ2) is 7.64. The minimum Gasteiger partial charge on any atom is -0.355 e. The number of sulfonamides is 1. The molecule has 1 saturated heterocycles. The molecule has 2 aliphatic rings. The molecule has 1 heterocycles. The molecule has 7 heteroatoms. The summed E-state index contributed by atoms with van der Waals surface area (Å²) in [6, 6.07) is 6.81. The Hall–Kier alpha value is -1.47. The van der Waals surface area contributed by atoms with E-state index >= 15 is 0 Å². The number of nitrogens with one attached hydrogen (secondary N) is 1. The van der Waals surface area contributed by atoms with Crippen LogP contribution in [0.3, 0.4) is 0 Å². The third-order valence-electron chi connectivity index (χ3n) is 5.83. The molecule has 3 rings (SSSR count). The zero-order chi connectivity index (χ0) is 18.8. The quantitative estimate of drug-likeness (QED) is 0.851. The Labute approximate surface area is 155 Å². The second-order valence-corrected chi connectivity index (χ2v) is 9.63. The summed E-state index contributed by atoms with van der Waals surface area (Å²) in [6.45, 7) is 1.11. The number of carbonyl (C=O) groups excluding carboxylic acids is 1. The van der Waals surface area contributed by atoms with Crippen LogP contribution in [0.15, 0.2) is 24.3 Å².